The van der Waals surface area contributed by atoms with E-state index in [0.717, 1.165) is 0 Å². The Bertz CT molecular complexity index is 596. The average molecular weight is 460 g/mol. The molecule has 180 valence electrons. The molecular weight excluding hydrogens is 436 g/mol. The molecule has 0 radical (unpaired) electrons. The van der Waals surface area contributed by atoms with E-state index in [1.54, 1.807) is 0 Å². The zero-order valence-corrected chi connectivity index (χ0v) is 15.5. The Morgan fingerprint density at radius 2 is 0.742 bits per heavy atom. The highest BCUT2D eigenvalue weighted by Crippen LogP contribution is 2.33. The van der Waals surface area contributed by atoms with Crippen LogP contribution in [0.4, 0.5) is 0 Å². The van der Waals surface area contributed by atoms with Gasteiger partial charge in [-0.2, -0.15) is 0 Å². The summed E-state index contributed by atoms with van der Waals surface area (Å²) in [6.07, 6.45) is -25.1. The lowest BCUT2D eigenvalue weighted by Crippen LogP contribution is -2.72. The zero-order chi connectivity index (χ0) is 24.0. The lowest BCUT2D eigenvalue weighted by molar-refractivity contribution is -0.351. The minimum atomic E-state index is -3.40. The monoisotopic (exact) mass is 460 g/mol. The van der Waals surface area contributed by atoms with Crippen molar-refractivity contribution in [3.63, 3.8) is 0 Å². The van der Waals surface area contributed by atoms with Crippen molar-refractivity contribution < 1.29 is 80.3 Å². The lowest BCUT2D eigenvalue weighted by atomic mass is 9.82. The summed E-state index contributed by atoms with van der Waals surface area (Å²) in [4.78, 5) is 23.9. The van der Waals surface area contributed by atoms with Gasteiger partial charge < -0.3 is 70.8 Å². The average Bonchev–Trinajstić information content (AvgIpc) is 2.71. The predicted molar refractivity (Wildman–Crippen MR) is 86.8 cm³/mol. The van der Waals surface area contributed by atoms with Crippen molar-refractivity contribution in [2.45, 2.75) is 79.0 Å². The van der Waals surface area contributed by atoms with Crippen LogP contribution in [0.2, 0.25) is 0 Å². The fraction of sp³-hybridized carbons (Fsp3) is 0.867. The van der Waals surface area contributed by atoms with Crippen LogP contribution in [0.15, 0.2) is 0 Å². The van der Waals surface area contributed by atoms with Gasteiger partial charge in [-0.15, -0.1) is 0 Å². The minimum absolute atomic E-state index is 1.53. The van der Waals surface area contributed by atoms with Gasteiger partial charge in [-0.3, -0.25) is 9.59 Å². The smallest absolute Gasteiger partial charge is 0.319 e. The molecule has 16 heteroatoms. The number of aliphatic hydroxyl groups excluding tert-OH is 10. The maximum absolute atomic E-state index is 11.9. The standard InChI is InChI=1S/C15H24O16/c16-2(30-14(28)10(24)6(20)4(18)7(21)11(14)25)1-3(17)31-15(29)12(26)8(22)5(19)9(23)13(15)27/h4-13,18-29H,1H2/t4?,5?,6-,7+,8-,9+,10-,11-,12-,13-,14?,15?/m1/s1. The van der Waals surface area contributed by atoms with Gasteiger partial charge in [0.2, 0.25) is 0 Å². The van der Waals surface area contributed by atoms with Crippen LogP contribution in [0.3, 0.4) is 0 Å². The number of hydrogen-bond donors (Lipinski definition) is 12. The quantitative estimate of drug-likeness (QED) is 0.105. The van der Waals surface area contributed by atoms with E-state index in [0.29, 0.717) is 0 Å². The minimum Gasteiger partial charge on any atom is -0.427 e. The Kier molecular flexibility index (Phi) is 7.28. The highest BCUT2D eigenvalue weighted by atomic mass is 16.7. The molecule has 2 saturated carbocycles. The molecule has 0 aromatic carbocycles. The molecule has 0 bridgehead atoms. The van der Waals surface area contributed by atoms with Gasteiger partial charge in [0.1, 0.15) is 43.0 Å². The van der Waals surface area contributed by atoms with Gasteiger partial charge in [0.05, 0.1) is 0 Å². The van der Waals surface area contributed by atoms with Crippen molar-refractivity contribution in [3.05, 3.63) is 0 Å². The van der Waals surface area contributed by atoms with E-state index < -0.39 is 91.0 Å². The summed E-state index contributed by atoms with van der Waals surface area (Å²) in [5.74, 6) is -10.4. The molecule has 16 nitrogen and oxygen atoms in total. The van der Waals surface area contributed by atoms with Crippen LogP contribution in [0, 0.1) is 0 Å². The molecule has 2 fully saturated rings. The zero-order valence-electron chi connectivity index (χ0n) is 15.5. The van der Waals surface area contributed by atoms with Gasteiger partial charge in [0, 0.05) is 0 Å². The van der Waals surface area contributed by atoms with E-state index in [9.17, 15) is 70.9 Å². The van der Waals surface area contributed by atoms with Crippen molar-refractivity contribution >= 4 is 11.9 Å². The Hall–Kier alpha value is -1.54. The van der Waals surface area contributed by atoms with Crippen LogP contribution in [0.5, 0.6) is 0 Å². The topological polar surface area (TPSA) is 295 Å². The molecule has 12 atom stereocenters. The summed E-state index contributed by atoms with van der Waals surface area (Å²) in [5, 5.41) is 117. The molecule has 2 aliphatic rings. The van der Waals surface area contributed by atoms with Crippen LogP contribution < -0.4 is 0 Å². The number of rotatable bonds is 4. The molecule has 0 saturated heterocycles. The molecule has 0 amide bonds. The van der Waals surface area contributed by atoms with Crippen molar-refractivity contribution in [2.24, 2.45) is 0 Å². The van der Waals surface area contributed by atoms with Crippen molar-refractivity contribution in [1.82, 2.24) is 0 Å². The second-order valence-electron chi connectivity index (χ2n) is 7.35. The first-order valence-electron chi connectivity index (χ1n) is 8.78. The van der Waals surface area contributed by atoms with Crippen LogP contribution >= 0.6 is 0 Å². The second-order valence-corrected chi connectivity index (χ2v) is 7.35. The summed E-state index contributed by atoms with van der Waals surface area (Å²) >= 11 is 0. The van der Waals surface area contributed by atoms with E-state index in [-0.39, 0.29) is 0 Å². The van der Waals surface area contributed by atoms with Gasteiger partial charge >= 0.3 is 11.9 Å². The van der Waals surface area contributed by atoms with Crippen molar-refractivity contribution in [1.29, 1.82) is 0 Å². The fourth-order valence-electron chi connectivity index (χ4n) is 3.28. The van der Waals surface area contributed by atoms with Crippen LogP contribution in [0.25, 0.3) is 0 Å². The molecule has 31 heavy (non-hydrogen) atoms. The molecule has 2 rings (SSSR count). The number of carbonyl (C=O) groups excluding carboxylic acids is 2. The van der Waals surface area contributed by atoms with Gasteiger partial charge in [-0.1, -0.05) is 0 Å². The Morgan fingerprint density at radius 1 is 0.516 bits per heavy atom. The van der Waals surface area contributed by atoms with E-state index >= 15 is 0 Å². The number of ether oxygens (including phenoxy) is 2. The fourth-order valence-corrected chi connectivity index (χ4v) is 3.28. The predicted octanol–water partition coefficient (Wildman–Crippen LogP) is -8.52. The maximum Gasteiger partial charge on any atom is 0.319 e. The first kappa shape index (κ1) is 25.7. The molecule has 0 aromatic heterocycles. The van der Waals surface area contributed by atoms with Gasteiger partial charge in [-0.05, 0) is 0 Å². The first-order valence-corrected chi connectivity index (χ1v) is 8.78. The summed E-state index contributed by atoms with van der Waals surface area (Å²) in [5.41, 5.74) is 0. The Balaban J connectivity index is 2.09. The van der Waals surface area contributed by atoms with E-state index in [1.807, 2.05) is 0 Å². The number of aliphatic hydroxyl groups is 12. The molecule has 0 aromatic rings. The molecule has 2 aliphatic carbocycles. The number of hydrogen-bond acceptors (Lipinski definition) is 16. The summed E-state index contributed by atoms with van der Waals surface area (Å²) in [6, 6.07) is 0. The van der Waals surface area contributed by atoms with Gasteiger partial charge in [0.15, 0.2) is 24.4 Å². The largest absolute Gasteiger partial charge is 0.427 e. The summed E-state index contributed by atoms with van der Waals surface area (Å²) < 4.78 is 8.68. The van der Waals surface area contributed by atoms with E-state index in [4.69, 9.17) is 0 Å². The highest BCUT2D eigenvalue weighted by molar-refractivity contribution is 5.91. The molecule has 12 N–H and O–H groups in total. The lowest BCUT2D eigenvalue weighted by Gasteiger charge is -2.46. The molecule has 0 spiro atoms. The molecular formula is C15H24O16. The summed E-state index contributed by atoms with van der Waals surface area (Å²) in [7, 11) is 0. The van der Waals surface area contributed by atoms with Crippen LogP contribution in [0.1, 0.15) is 6.42 Å². The van der Waals surface area contributed by atoms with Crippen molar-refractivity contribution in [3.8, 4) is 0 Å². The van der Waals surface area contributed by atoms with Crippen LogP contribution in [-0.2, 0) is 19.1 Å². The Labute approximate surface area is 172 Å². The third kappa shape index (κ3) is 4.25. The van der Waals surface area contributed by atoms with E-state index in [1.165, 1.54) is 0 Å². The maximum atomic E-state index is 11.9. The normalized spacial score (nSPS) is 50.6. The number of carbonyl (C=O) groups is 2. The van der Waals surface area contributed by atoms with Gasteiger partial charge in [-0.25, -0.2) is 0 Å². The third-order valence-corrected chi connectivity index (χ3v) is 5.23. The highest BCUT2D eigenvalue weighted by Gasteiger charge is 2.62. The molecule has 0 aliphatic heterocycles. The Morgan fingerprint density at radius 3 is 0.968 bits per heavy atom. The second kappa shape index (κ2) is 8.77. The third-order valence-electron chi connectivity index (χ3n) is 5.23. The summed E-state index contributed by atoms with van der Waals surface area (Å²) in [6.45, 7) is 0. The van der Waals surface area contributed by atoms with Gasteiger partial charge in [0.25, 0.3) is 11.6 Å². The number of esters is 2. The molecule has 4 unspecified atom stereocenters. The molecule has 0 heterocycles. The van der Waals surface area contributed by atoms with E-state index in [2.05, 4.69) is 9.47 Å². The van der Waals surface area contributed by atoms with Crippen molar-refractivity contribution in [2.75, 3.05) is 0 Å². The van der Waals surface area contributed by atoms with Crippen LogP contribution in [-0.4, -0.2) is 146 Å². The first-order chi connectivity index (χ1) is 14.1. The SMILES string of the molecule is O=C(CC(=O)OC1(O)[C@H](O)[C@H](O)C(O)[C@H](O)[C@H]1O)OC1(O)[C@H](O)[C@H](O)C(O)[C@H](O)[C@H]1O.